The fraction of sp³-hybridized carbons (Fsp3) is 0.368. The summed E-state index contributed by atoms with van der Waals surface area (Å²) in [6, 6.07) is 12.3. The van der Waals surface area contributed by atoms with Gasteiger partial charge in [0.05, 0.1) is 5.56 Å². The Morgan fingerprint density at radius 3 is 2.33 bits per heavy atom. The summed E-state index contributed by atoms with van der Waals surface area (Å²) in [4.78, 5) is 20.3. The zero-order valence-corrected chi connectivity index (χ0v) is 15.2. The molecule has 1 heterocycles. The van der Waals surface area contributed by atoms with E-state index in [1.54, 1.807) is 4.90 Å². The van der Waals surface area contributed by atoms with Crippen LogP contribution in [0.1, 0.15) is 15.9 Å². The highest BCUT2D eigenvalue weighted by molar-refractivity contribution is 5.94. The number of amides is 1. The maximum absolute atomic E-state index is 12.8. The van der Waals surface area contributed by atoms with E-state index in [0.717, 1.165) is 5.56 Å². The van der Waals surface area contributed by atoms with Gasteiger partial charge in [-0.15, -0.1) is 0 Å². The van der Waals surface area contributed by atoms with Gasteiger partial charge in [0.2, 0.25) is 5.88 Å². The maximum Gasteiger partial charge on any atom is 0.422 e. The molecule has 5 nitrogen and oxygen atoms in total. The smallest absolute Gasteiger partial charge is 0.422 e. The first kappa shape index (κ1) is 20.7. The average molecular weight is 381 g/mol. The molecule has 0 spiro atoms. The van der Waals surface area contributed by atoms with Gasteiger partial charge in [0.25, 0.3) is 5.91 Å². The van der Waals surface area contributed by atoms with Gasteiger partial charge in [0.15, 0.2) is 6.61 Å². The van der Waals surface area contributed by atoms with Gasteiger partial charge in [-0.1, -0.05) is 30.3 Å². The van der Waals surface area contributed by atoms with Gasteiger partial charge in [0.1, 0.15) is 0 Å². The number of ether oxygens (including phenoxy) is 1. The minimum Gasteiger partial charge on any atom is -0.468 e. The van der Waals surface area contributed by atoms with E-state index in [4.69, 9.17) is 0 Å². The highest BCUT2D eigenvalue weighted by Gasteiger charge is 2.28. The van der Waals surface area contributed by atoms with Crippen molar-refractivity contribution in [2.75, 3.05) is 33.8 Å². The molecule has 1 aromatic carbocycles. The largest absolute Gasteiger partial charge is 0.468 e. The molecule has 0 fully saturated rings. The predicted molar refractivity (Wildman–Crippen MR) is 95.5 cm³/mol. The molecule has 146 valence electrons. The van der Waals surface area contributed by atoms with E-state index in [0.29, 0.717) is 25.2 Å². The van der Waals surface area contributed by atoms with Crippen molar-refractivity contribution in [3.63, 3.8) is 0 Å². The Kier molecular flexibility index (Phi) is 7.18. The summed E-state index contributed by atoms with van der Waals surface area (Å²) in [5.41, 5.74) is 1.28. The van der Waals surface area contributed by atoms with Crippen LogP contribution in [-0.2, 0) is 6.54 Å². The van der Waals surface area contributed by atoms with E-state index in [1.807, 2.05) is 49.3 Å². The molecule has 0 saturated carbocycles. The number of nitrogens with zero attached hydrogens (tertiary/aromatic N) is 3. The van der Waals surface area contributed by atoms with Crippen LogP contribution in [0.5, 0.6) is 5.88 Å². The lowest BCUT2D eigenvalue weighted by molar-refractivity contribution is -0.154. The molecular formula is C19H22F3N3O2. The van der Waals surface area contributed by atoms with Crippen LogP contribution in [0.15, 0.2) is 48.7 Å². The van der Waals surface area contributed by atoms with E-state index in [2.05, 4.69) is 9.72 Å². The van der Waals surface area contributed by atoms with Crippen LogP contribution < -0.4 is 4.74 Å². The van der Waals surface area contributed by atoms with Crippen LogP contribution in [0.3, 0.4) is 0 Å². The Morgan fingerprint density at radius 2 is 1.78 bits per heavy atom. The first-order valence-corrected chi connectivity index (χ1v) is 8.38. The quantitative estimate of drug-likeness (QED) is 0.704. The Bertz CT molecular complexity index is 719. The van der Waals surface area contributed by atoms with Crippen molar-refractivity contribution < 1.29 is 22.7 Å². The van der Waals surface area contributed by atoms with E-state index in [1.165, 1.54) is 18.3 Å². The molecule has 8 heteroatoms. The maximum atomic E-state index is 12.8. The molecule has 0 atom stereocenters. The van der Waals surface area contributed by atoms with E-state index in [-0.39, 0.29) is 11.8 Å². The fourth-order valence-corrected chi connectivity index (χ4v) is 2.31. The van der Waals surface area contributed by atoms with Gasteiger partial charge in [-0.25, -0.2) is 4.98 Å². The van der Waals surface area contributed by atoms with Crippen LogP contribution in [0.25, 0.3) is 0 Å². The lowest BCUT2D eigenvalue weighted by atomic mass is 10.2. The van der Waals surface area contributed by atoms with Crippen molar-refractivity contribution in [1.29, 1.82) is 0 Å². The summed E-state index contributed by atoms with van der Waals surface area (Å²) in [7, 11) is 3.83. The van der Waals surface area contributed by atoms with E-state index < -0.39 is 12.8 Å². The Morgan fingerprint density at radius 1 is 1.07 bits per heavy atom. The SMILES string of the molecule is CN(C)CCN(Cc1ccccc1)C(=O)c1ccc(OCC(F)(F)F)nc1. The number of hydrogen-bond donors (Lipinski definition) is 0. The van der Waals surface area contributed by atoms with Crippen LogP contribution in [0.4, 0.5) is 13.2 Å². The molecule has 1 amide bonds. The van der Waals surface area contributed by atoms with Crippen LogP contribution >= 0.6 is 0 Å². The number of halogens is 3. The summed E-state index contributed by atoms with van der Waals surface area (Å²) in [6.45, 7) is 0.196. The zero-order chi connectivity index (χ0) is 19.9. The second-order valence-corrected chi connectivity index (χ2v) is 6.30. The minimum atomic E-state index is -4.44. The Hall–Kier alpha value is -2.61. The molecule has 2 rings (SSSR count). The number of benzene rings is 1. The molecule has 0 aliphatic heterocycles. The third-order valence-electron chi connectivity index (χ3n) is 3.69. The number of pyridine rings is 1. The van der Waals surface area contributed by atoms with Gasteiger partial charge in [-0.2, -0.15) is 13.2 Å². The fourth-order valence-electron chi connectivity index (χ4n) is 2.31. The van der Waals surface area contributed by atoms with Crippen LogP contribution in [-0.4, -0.2) is 60.7 Å². The van der Waals surface area contributed by atoms with E-state index in [9.17, 15) is 18.0 Å². The molecular weight excluding hydrogens is 359 g/mol. The van der Waals surface area contributed by atoms with Crippen molar-refractivity contribution in [2.45, 2.75) is 12.7 Å². The molecule has 0 saturated heterocycles. The highest BCUT2D eigenvalue weighted by Crippen LogP contribution is 2.18. The van der Waals surface area contributed by atoms with Crippen LogP contribution in [0.2, 0.25) is 0 Å². The lowest BCUT2D eigenvalue weighted by Gasteiger charge is -2.24. The molecule has 2 aromatic rings. The molecule has 0 unspecified atom stereocenters. The molecule has 0 bridgehead atoms. The van der Waals surface area contributed by atoms with Crippen molar-refractivity contribution in [2.24, 2.45) is 0 Å². The number of alkyl halides is 3. The standard InChI is InChI=1S/C19H22F3N3O2/c1-24(2)10-11-25(13-15-6-4-3-5-7-15)18(26)16-8-9-17(23-12-16)27-14-19(20,21)22/h3-9,12H,10-11,13-14H2,1-2H3. The summed E-state index contributed by atoms with van der Waals surface area (Å²) < 4.78 is 41.2. The predicted octanol–water partition coefficient (Wildman–Crippen LogP) is 3.23. The Labute approximate surface area is 156 Å². The van der Waals surface area contributed by atoms with Gasteiger partial charge in [-0.05, 0) is 25.7 Å². The zero-order valence-electron chi connectivity index (χ0n) is 15.2. The molecule has 0 aliphatic rings. The summed E-state index contributed by atoms with van der Waals surface area (Å²) in [5.74, 6) is -0.414. The van der Waals surface area contributed by atoms with Gasteiger partial charge in [0, 0.05) is 31.9 Å². The summed E-state index contributed by atoms with van der Waals surface area (Å²) in [6.07, 6.45) is -3.20. The number of hydrogen-bond acceptors (Lipinski definition) is 4. The first-order valence-electron chi connectivity index (χ1n) is 8.38. The highest BCUT2D eigenvalue weighted by atomic mass is 19.4. The van der Waals surface area contributed by atoms with Crippen molar-refractivity contribution in [1.82, 2.24) is 14.8 Å². The van der Waals surface area contributed by atoms with Crippen molar-refractivity contribution >= 4 is 5.91 Å². The topological polar surface area (TPSA) is 45.7 Å². The van der Waals surface area contributed by atoms with E-state index >= 15 is 0 Å². The molecule has 27 heavy (non-hydrogen) atoms. The number of carbonyl (C=O) groups excluding carboxylic acids is 1. The normalized spacial score (nSPS) is 11.5. The third-order valence-corrected chi connectivity index (χ3v) is 3.69. The second kappa shape index (κ2) is 9.36. The summed E-state index contributed by atoms with van der Waals surface area (Å²) in [5, 5.41) is 0. The van der Waals surface area contributed by atoms with Gasteiger partial charge >= 0.3 is 6.18 Å². The number of rotatable bonds is 8. The monoisotopic (exact) mass is 381 g/mol. The molecule has 0 radical (unpaired) electrons. The Balaban J connectivity index is 2.08. The van der Waals surface area contributed by atoms with Gasteiger partial charge in [-0.3, -0.25) is 4.79 Å². The number of aromatic nitrogens is 1. The lowest BCUT2D eigenvalue weighted by Crippen LogP contribution is -2.36. The molecule has 1 aromatic heterocycles. The van der Waals surface area contributed by atoms with Gasteiger partial charge < -0.3 is 14.5 Å². The average Bonchev–Trinajstić information content (AvgIpc) is 2.63. The van der Waals surface area contributed by atoms with Crippen LogP contribution in [0, 0.1) is 0 Å². The first-order chi connectivity index (χ1) is 12.7. The minimum absolute atomic E-state index is 0.174. The van der Waals surface area contributed by atoms with Crippen molar-refractivity contribution in [3.8, 4) is 5.88 Å². The molecule has 0 aliphatic carbocycles. The summed E-state index contributed by atoms with van der Waals surface area (Å²) >= 11 is 0. The number of likely N-dealkylation sites (N-methyl/N-ethyl adjacent to an activating group) is 1. The van der Waals surface area contributed by atoms with Crippen molar-refractivity contribution in [3.05, 3.63) is 59.8 Å². The number of carbonyl (C=O) groups is 1. The molecule has 0 N–H and O–H groups in total. The second-order valence-electron chi connectivity index (χ2n) is 6.30. The third kappa shape index (κ3) is 7.26.